The second-order valence-electron chi connectivity index (χ2n) is 7.84. The molecule has 2 nitrogen and oxygen atoms in total. The van der Waals surface area contributed by atoms with Crippen LogP contribution in [0.1, 0.15) is 47.1 Å². The van der Waals surface area contributed by atoms with Gasteiger partial charge in [0.25, 0.3) is 8.32 Å². The van der Waals surface area contributed by atoms with E-state index in [1.807, 2.05) is 12.1 Å². The summed E-state index contributed by atoms with van der Waals surface area (Å²) < 4.78 is 6.47. The predicted molar refractivity (Wildman–Crippen MR) is 87.4 cm³/mol. The maximum absolute atomic E-state index is 6.47. The van der Waals surface area contributed by atoms with Gasteiger partial charge in [-0.25, -0.2) is 0 Å². The summed E-state index contributed by atoms with van der Waals surface area (Å²) in [6.45, 7) is 17.8. The number of rotatable bonds is 2. The second-order valence-corrected chi connectivity index (χ2v) is 12.6. The first kappa shape index (κ1) is 16.1. The van der Waals surface area contributed by atoms with Crippen molar-refractivity contribution in [2.75, 3.05) is 5.73 Å². The molecule has 0 unspecified atom stereocenters. The molecule has 0 amide bonds. The molecule has 1 aromatic carbocycles. The van der Waals surface area contributed by atoms with Gasteiger partial charge in [0, 0.05) is 5.56 Å². The SMILES string of the molecule is CC(C)(C)c1cccc(N)c1O[Si](C)(C)C(C)(C)C. The Morgan fingerprint density at radius 2 is 1.53 bits per heavy atom. The van der Waals surface area contributed by atoms with Crippen molar-refractivity contribution in [3.63, 3.8) is 0 Å². The third kappa shape index (κ3) is 3.53. The van der Waals surface area contributed by atoms with Crippen molar-refractivity contribution in [3.8, 4) is 5.75 Å². The minimum Gasteiger partial charge on any atom is -0.542 e. The molecule has 0 bridgehead atoms. The standard InChI is InChI=1S/C16H29NOSi/c1-15(2,3)12-10-9-11-13(17)14(12)18-19(7,8)16(4,5)6/h9-11H,17H2,1-8H3. The molecule has 0 spiro atoms. The van der Waals surface area contributed by atoms with E-state index in [1.165, 1.54) is 5.56 Å². The van der Waals surface area contributed by atoms with Crippen molar-refractivity contribution in [2.45, 2.75) is 65.1 Å². The minimum atomic E-state index is -1.87. The molecule has 0 aromatic heterocycles. The lowest BCUT2D eigenvalue weighted by molar-refractivity contribution is 0.470. The molecule has 19 heavy (non-hydrogen) atoms. The van der Waals surface area contributed by atoms with Crippen LogP contribution in [0.25, 0.3) is 0 Å². The van der Waals surface area contributed by atoms with Gasteiger partial charge < -0.3 is 10.2 Å². The van der Waals surface area contributed by atoms with Crippen LogP contribution in [0.4, 0.5) is 5.69 Å². The minimum absolute atomic E-state index is 0.0348. The van der Waals surface area contributed by atoms with E-state index in [2.05, 4.69) is 60.7 Å². The first-order valence-corrected chi connectivity index (χ1v) is 9.85. The van der Waals surface area contributed by atoms with Crippen LogP contribution in [0.15, 0.2) is 18.2 Å². The van der Waals surface area contributed by atoms with Crippen LogP contribution >= 0.6 is 0 Å². The smallest absolute Gasteiger partial charge is 0.250 e. The van der Waals surface area contributed by atoms with Gasteiger partial charge in [0.2, 0.25) is 0 Å². The highest BCUT2D eigenvalue weighted by molar-refractivity contribution is 6.74. The molecular weight excluding hydrogens is 250 g/mol. The summed E-state index contributed by atoms with van der Waals surface area (Å²) in [6, 6.07) is 6.06. The number of benzene rings is 1. The summed E-state index contributed by atoms with van der Waals surface area (Å²) in [5.41, 5.74) is 8.14. The highest BCUT2D eigenvalue weighted by Gasteiger charge is 2.40. The molecule has 0 radical (unpaired) electrons. The zero-order valence-corrected chi connectivity index (χ0v) is 14.7. The molecule has 0 fully saturated rings. The molecule has 108 valence electrons. The van der Waals surface area contributed by atoms with Gasteiger partial charge in [0.15, 0.2) is 0 Å². The van der Waals surface area contributed by atoms with Crippen molar-refractivity contribution in [1.82, 2.24) is 0 Å². The molecule has 2 N–H and O–H groups in total. The van der Waals surface area contributed by atoms with Gasteiger partial charge in [-0.1, -0.05) is 53.7 Å². The van der Waals surface area contributed by atoms with Crippen LogP contribution in [0, 0.1) is 0 Å². The van der Waals surface area contributed by atoms with E-state index in [1.54, 1.807) is 0 Å². The molecule has 0 saturated heterocycles. The van der Waals surface area contributed by atoms with E-state index in [0.29, 0.717) is 0 Å². The summed E-state index contributed by atoms with van der Waals surface area (Å²) in [4.78, 5) is 0. The second kappa shape index (κ2) is 4.86. The third-order valence-corrected chi connectivity index (χ3v) is 8.34. The Morgan fingerprint density at radius 1 is 1.00 bits per heavy atom. The average molecular weight is 280 g/mol. The van der Waals surface area contributed by atoms with Crippen molar-refractivity contribution in [2.24, 2.45) is 0 Å². The van der Waals surface area contributed by atoms with Gasteiger partial charge >= 0.3 is 0 Å². The quantitative estimate of drug-likeness (QED) is 0.614. The largest absolute Gasteiger partial charge is 0.542 e. The summed E-state index contributed by atoms with van der Waals surface area (Å²) >= 11 is 0. The monoisotopic (exact) mass is 279 g/mol. The first-order valence-electron chi connectivity index (χ1n) is 6.94. The van der Waals surface area contributed by atoms with Gasteiger partial charge in [-0.15, -0.1) is 0 Å². The van der Waals surface area contributed by atoms with E-state index in [-0.39, 0.29) is 10.5 Å². The Kier molecular flexibility index (Phi) is 4.11. The molecule has 0 saturated carbocycles. The Hall–Kier alpha value is -0.963. The average Bonchev–Trinajstić information content (AvgIpc) is 2.17. The van der Waals surface area contributed by atoms with Gasteiger partial charge in [-0.05, 0) is 29.6 Å². The lowest BCUT2D eigenvalue weighted by Crippen LogP contribution is -2.44. The maximum Gasteiger partial charge on any atom is 0.250 e. The van der Waals surface area contributed by atoms with Gasteiger partial charge in [-0.3, -0.25) is 0 Å². The summed E-state index contributed by atoms with van der Waals surface area (Å²) in [6.07, 6.45) is 0. The number of hydrogen-bond acceptors (Lipinski definition) is 2. The molecule has 0 aliphatic heterocycles. The maximum atomic E-state index is 6.47. The number of hydrogen-bond donors (Lipinski definition) is 1. The number of nitrogens with two attached hydrogens (primary N) is 1. The zero-order valence-electron chi connectivity index (χ0n) is 13.7. The molecule has 0 atom stereocenters. The van der Waals surface area contributed by atoms with Crippen LogP contribution in [0.5, 0.6) is 5.75 Å². The fraction of sp³-hybridized carbons (Fsp3) is 0.625. The van der Waals surface area contributed by atoms with Crippen molar-refractivity contribution in [3.05, 3.63) is 23.8 Å². The van der Waals surface area contributed by atoms with E-state index >= 15 is 0 Å². The molecular formula is C16H29NOSi. The topological polar surface area (TPSA) is 35.2 Å². The Morgan fingerprint density at radius 3 is 1.95 bits per heavy atom. The number of para-hydroxylation sites is 1. The van der Waals surface area contributed by atoms with Crippen LogP contribution in [0.3, 0.4) is 0 Å². The summed E-state index contributed by atoms with van der Waals surface area (Å²) in [5.74, 6) is 0.890. The Bertz CT molecular complexity index is 453. The fourth-order valence-electron chi connectivity index (χ4n) is 1.67. The van der Waals surface area contributed by atoms with Crippen LogP contribution in [-0.2, 0) is 5.41 Å². The lowest BCUT2D eigenvalue weighted by atomic mass is 9.86. The Labute approximate surface area is 119 Å². The molecule has 1 rings (SSSR count). The highest BCUT2D eigenvalue weighted by Crippen LogP contribution is 2.42. The molecule has 0 aliphatic carbocycles. The molecule has 0 heterocycles. The van der Waals surface area contributed by atoms with Crippen LogP contribution in [-0.4, -0.2) is 8.32 Å². The molecule has 3 heteroatoms. The number of anilines is 1. The number of nitrogen functional groups attached to an aromatic ring is 1. The van der Waals surface area contributed by atoms with E-state index < -0.39 is 8.32 Å². The van der Waals surface area contributed by atoms with E-state index in [0.717, 1.165) is 11.4 Å². The molecule has 0 aliphatic rings. The lowest BCUT2D eigenvalue weighted by Gasteiger charge is -2.38. The van der Waals surface area contributed by atoms with Crippen LogP contribution in [0.2, 0.25) is 18.1 Å². The van der Waals surface area contributed by atoms with E-state index in [9.17, 15) is 0 Å². The highest BCUT2D eigenvalue weighted by atomic mass is 28.4. The van der Waals surface area contributed by atoms with Gasteiger partial charge in [0.05, 0.1) is 5.69 Å². The summed E-state index contributed by atoms with van der Waals surface area (Å²) in [7, 11) is -1.87. The van der Waals surface area contributed by atoms with Crippen LogP contribution < -0.4 is 10.2 Å². The van der Waals surface area contributed by atoms with Crippen molar-refractivity contribution >= 4 is 14.0 Å². The zero-order chi connectivity index (χ0) is 15.1. The third-order valence-electron chi connectivity index (χ3n) is 4.02. The normalized spacial score (nSPS) is 13.5. The van der Waals surface area contributed by atoms with Gasteiger partial charge in [-0.2, -0.15) is 0 Å². The van der Waals surface area contributed by atoms with Gasteiger partial charge in [0.1, 0.15) is 5.75 Å². The first-order chi connectivity index (χ1) is 8.36. The predicted octanol–water partition coefficient (Wildman–Crippen LogP) is 4.95. The molecule has 1 aromatic rings. The Balaban J connectivity index is 3.29. The van der Waals surface area contributed by atoms with Crippen molar-refractivity contribution in [1.29, 1.82) is 0 Å². The fourth-order valence-corrected chi connectivity index (χ4v) is 2.71. The van der Waals surface area contributed by atoms with E-state index in [4.69, 9.17) is 10.2 Å². The van der Waals surface area contributed by atoms with Crippen molar-refractivity contribution < 1.29 is 4.43 Å². The summed E-state index contributed by atoms with van der Waals surface area (Å²) in [5, 5.41) is 0.171.